The summed E-state index contributed by atoms with van der Waals surface area (Å²) in [5.74, 6) is -2.84. The van der Waals surface area contributed by atoms with Crippen molar-refractivity contribution < 1.29 is 24.6 Å². The molecule has 0 radical (unpaired) electrons. The molecule has 0 aliphatic rings. The maximum atomic E-state index is 12.5. The van der Waals surface area contributed by atoms with Crippen LogP contribution in [0.1, 0.15) is 34.7 Å². The molecule has 1 aromatic carbocycles. The van der Waals surface area contributed by atoms with E-state index < -0.39 is 24.2 Å². The van der Waals surface area contributed by atoms with Gasteiger partial charge < -0.3 is 20.8 Å². The molecule has 0 saturated heterocycles. The number of carbonyl (C=O) groups is 3. The van der Waals surface area contributed by atoms with Crippen molar-refractivity contribution in [2.45, 2.75) is 19.9 Å². The van der Waals surface area contributed by atoms with Crippen molar-refractivity contribution in [1.29, 1.82) is 0 Å². The van der Waals surface area contributed by atoms with Gasteiger partial charge in [-0.1, -0.05) is 12.1 Å². The first-order valence-electron chi connectivity index (χ1n) is 8.09. The van der Waals surface area contributed by atoms with Crippen LogP contribution in [0.5, 0.6) is 5.75 Å². The number of nitrogens with zero attached hydrogens (tertiary/aromatic N) is 3. The number of aromatic nitrogens is 3. The second-order valence-electron chi connectivity index (χ2n) is 6.13. The van der Waals surface area contributed by atoms with Gasteiger partial charge >= 0.3 is 5.97 Å². The molecule has 2 aromatic heterocycles. The molecule has 27 heavy (non-hydrogen) atoms. The molecule has 140 valence electrons. The second kappa shape index (κ2) is 6.90. The molecule has 0 saturated carbocycles. The number of fused-ring (bicyclic) bond motifs is 3. The van der Waals surface area contributed by atoms with Gasteiger partial charge in [-0.15, -0.1) is 0 Å². The number of carboxylic acids is 1. The number of aliphatic carboxylic acids is 1. The summed E-state index contributed by atoms with van der Waals surface area (Å²) in [5.41, 5.74) is 0.197. The van der Waals surface area contributed by atoms with Crippen LogP contribution in [0.15, 0.2) is 24.5 Å². The minimum absolute atomic E-state index is 0.101. The maximum Gasteiger partial charge on any atom is 0.322 e. The molecule has 0 bridgehead atoms. The van der Waals surface area contributed by atoms with Gasteiger partial charge in [-0.25, -0.2) is 9.50 Å². The Labute approximate surface area is 152 Å². The monoisotopic (exact) mass is 371 g/mol. The predicted molar refractivity (Wildman–Crippen MR) is 94.7 cm³/mol. The average molecular weight is 371 g/mol. The molecular weight excluding hydrogens is 354 g/mol. The molecular formula is C17H17N5O5. The molecule has 0 atom stereocenters. The lowest BCUT2D eigenvalue weighted by Crippen LogP contribution is -2.31. The van der Waals surface area contributed by atoms with Crippen molar-refractivity contribution in [1.82, 2.24) is 25.2 Å². The van der Waals surface area contributed by atoms with Crippen LogP contribution < -0.4 is 10.6 Å². The largest absolute Gasteiger partial charge is 0.505 e. The molecule has 10 heteroatoms. The fourth-order valence-electron chi connectivity index (χ4n) is 2.77. The van der Waals surface area contributed by atoms with Crippen LogP contribution >= 0.6 is 0 Å². The van der Waals surface area contributed by atoms with E-state index in [9.17, 15) is 19.5 Å². The highest BCUT2D eigenvalue weighted by molar-refractivity contribution is 6.15. The minimum atomic E-state index is -1.23. The predicted octanol–water partition coefficient (Wildman–Crippen LogP) is 0.541. The molecule has 10 nitrogen and oxygen atoms in total. The number of amides is 2. The van der Waals surface area contributed by atoms with E-state index in [1.54, 1.807) is 18.2 Å². The van der Waals surface area contributed by atoms with Gasteiger partial charge in [0, 0.05) is 16.8 Å². The number of pyridine rings is 1. The summed E-state index contributed by atoms with van der Waals surface area (Å²) >= 11 is 0. The van der Waals surface area contributed by atoms with Gasteiger partial charge in [0.2, 0.25) is 0 Å². The molecule has 0 unspecified atom stereocenters. The summed E-state index contributed by atoms with van der Waals surface area (Å²) in [7, 11) is 0. The third kappa shape index (κ3) is 3.24. The summed E-state index contributed by atoms with van der Waals surface area (Å²) in [6, 6.07) is 4.59. The van der Waals surface area contributed by atoms with E-state index in [1.807, 2.05) is 13.8 Å². The fraction of sp³-hybridized carbons (Fsp3) is 0.235. The van der Waals surface area contributed by atoms with Crippen molar-refractivity contribution in [3.05, 3.63) is 35.8 Å². The van der Waals surface area contributed by atoms with Gasteiger partial charge in [0.05, 0.1) is 5.56 Å². The van der Waals surface area contributed by atoms with Crippen LogP contribution in [0.4, 0.5) is 0 Å². The van der Waals surface area contributed by atoms with E-state index in [1.165, 1.54) is 6.33 Å². The molecule has 4 N–H and O–H groups in total. The Hall–Kier alpha value is -3.69. The zero-order valence-electron chi connectivity index (χ0n) is 14.6. The van der Waals surface area contributed by atoms with Gasteiger partial charge in [0.25, 0.3) is 11.8 Å². The van der Waals surface area contributed by atoms with E-state index >= 15 is 0 Å². The van der Waals surface area contributed by atoms with Crippen molar-refractivity contribution in [2.75, 3.05) is 6.54 Å². The zero-order chi connectivity index (χ0) is 19.7. The Kier molecular flexibility index (Phi) is 4.63. The maximum absolute atomic E-state index is 12.5. The lowest BCUT2D eigenvalue weighted by molar-refractivity contribution is -0.135. The smallest absolute Gasteiger partial charge is 0.322 e. The molecule has 3 rings (SSSR count). The van der Waals surface area contributed by atoms with Gasteiger partial charge in [-0.05, 0) is 19.9 Å². The summed E-state index contributed by atoms with van der Waals surface area (Å²) in [5, 5.41) is 28.9. The van der Waals surface area contributed by atoms with Crippen LogP contribution in [0.2, 0.25) is 0 Å². The highest BCUT2D eigenvalue weighted by atomic mass is 16.4. The molecule has 0 aliphatic heterocycles. The molecule has 3 aromatic rings. The Balaban J connectivity index is 2.25. The average Bonchev–Trinajstić information content (AvgIpc) is 3.08. The van der Waals surface area contributed by atoms with Crippen LogP contribution in [0, 0.1) is 0 Å². The molecule has 0 aliphatic carbocycles. The van der Waals surface area contributed by atoms with Crippen molar-refractivity contribution >= 4 is 34.2 Å². The number of carboxylic acid groups (broad SMARTS) is 1. The minimum Gasteiger partial charge on any atom is -0.505 e. The second-order valence-corrected chi connectivity index (χ2v) is 6.13. The number of carbonyl (C=O) groups excluding carboxylic acids is 2. The van der Waals surface area contributed by atoms with E-state index in [2.05, 4.69) is 20.7 Å². The first-order valence-corrected chi connectivity index (χ1v) is 8.09. The summed E-state index contributed by atoms with van der Waals surface area (Å²) < 4.78 is 1.08. The number of rotatable bonds is 5. The number of aromatic hydroxyl groups is 1. The van der Waals surface area contributed by atoms with Crippen LogP contribution in [0.3, 0.4) is 0 Å². The topological polar surface area (TPSA) is 146 Å². The molecule has 0 spiro atoms. The standard InChI is InChI=1S/C17H17N5O5/c1-8(2)21-16(26)10-5-3-4-9-12(10)15-19-7-20-22(15)13(14(9)25)17(27)18-6-11(23)24/h3-5,7-8,25H,6H2,1-2H3,(H,18,27)(H,21,26)(H,23,24). The Morgan fingerprint density at radius 1 is 1.22 bits per heavy atom. The van der Waals surface area contributed by atoms with Crippen LogP contribution in [-0.4, -0.2) is 55.2 Å². The highest BCUT2D eigenvalue weighted by Crippen LogP contribution is 2.33. The summed E-state index contributed by atoms with van der Waals surface area (Å²) in [6.45, 7) is 3.01. The number of nitrogens with one attached hydrogen (secondary N) is 2. The normalized spacial score (nSPS) is 11.1. The number of hydrogen-bond donors (Lipinski definition) is 4. The Morgan fingerprint density at radius 3 is 2.63 bits per heavy atom. The lowest BCUT2D eigenvalue weighted by atomic mass is 10.0. The van der Waals surface area contributed by atoms with Crippen LogP contribution in [0.25, 0.3) is 16.4 Å². The van der Waals surface area contributed by atoms with E-state index in [0.29, 0.717) is 5.39 Å². The quantitative estimate of drug-likeness (QED) is 0.512. The third-order valence-corrected chi connectivity index (χ3v) is 3.81. The van der Waals surface area contributed by atoms with Gasteiger partial charge in [-0.2, -0.15) is 5.10 Å². The van der Waals surface area contributed by atoms with Gasteiger partial charge in [0.15, 0.2) is 17.1 Å². The van der Waals surface area contributed by atoms with Gasteiger partial charge in [0.1, 0.15) is 12.9 Å². The summed E-state index contributed by atoms with van der Waals surface area (Å²) in [4.78, 5) is 39.7. The molecule has 0 fully saturated rings. The lowest BCUT2D eigenvalue weighted by Gasteiger charge is -2.14. The fourth-order valence-corrected chi connectivity index (χ4v) is 2.77. The van der Waals surface area contributed by atoms with E-state index in [-0.39, 0.29) is 34.2 Å². The highest BCUT2D eigenvalue weighted by Gasteiger charge is 2.24. The third-order valence-electron chi connectivity index (χ3n) is 3.81. The summed E-state index contributed by atoms with van der Waals surface area (Å²) in [6.07, 6.45) is 1.18. The first-order chi connectivity index (χ1) is 12.8. The van der Waals surface area contributed by atoms with Gasteiger partial charge in [-0.3, -0.25) is 14.4 Å². The van der Waals surface area contributed by atoms with E-state index in [4.69, 9.17) is 5.11 Å². The first kappa shape index (κ1) is 18.1. The molecule has 2 amide bonds. The Bertz CT molecular complexity index is 1070. The van der Waals surface area contributed by atoms with Crippen molar-refractivity contribution in [3.8, 4) is 5.75 Å². The van der Waals surface area contributed by atoms with Crippen molar-refractivity contribution in [3.63, 3.8) is 0 Å². The zero-order valence-corrected chi connectivity index (χ0v) is 14.6. The SMILES string of the molecule is CC(C)NC(=O)c1cccc2c(O)c(C(=O)NCC(=O)O)n3ncnc3c12. The van der Waals surface area contributed by atoms with Crippen molar-refractivity contribution in [2.24, 2.45) is 0 Å². The Morgan fingerprint density at radius 2 is 1.96 bits per heavy atom. The van der Waals surface area contributed by atoms with Crippen LogP contribution in [-0.2, 0) is 4.79 Å². The number of hydrogen-bond acceptors (Lipinski definition) is 6. The number of benzene rings is 1. The van der Waals surface area contributed by atoms with E-state index in [0.717, 1.165) is 4.52 Å². The molecule has 2 heterocycles.